The molecule has 0 spiro atoms. The van der Waals surface area contributed by atoms with Gasteiger partial charge in [-0.05, 0) is 26.2 Å². The van der Waals surface area contributed by atoms with Crippen LogP contribution in [0.2, 0.25) is 0 Å². The first-order valence-electron chi connectivity index (χ1n) is 3.90. The van der Waals surface area contributed by atoms with Gasteiger partial charge in [0.2, 0.25) is 0 Å². The molecule has 0 bridgehead atoms. The van der Waals surface area contributed by atoms with E-state index in [0.717, 1.165) is 13.0 Å². The molecule has 0 fully saturated rings. The molecule has 2 nitrogen and oxygen atoms in total. The van der Waals surface area contributed by atoms with Gasteiger partial charge in [-0.3, -0.25) is 4.79 Å². The van der Waals surface area contributed by atoms with Crippen LogP contribution >= 0.6 is 0 Å². The Balaban J connectivity index is 4.12. The maximum absolute atomic E-state index is 11.0. The Kier molecular flexibility index (Phi) is 4.36. The second-order valence-electron chi connectivity index (χ2n) is 2.74. The molecule has 0 aromatic heterocycles. The van der Waals surface area contributed by atoms with Gasteiger partial charge in [0, 0.05) is 12.6 Å². The predicted octanol–water partition coefficient (Wildman–Crippen LogP) is 1.27. The highest BCUT2D eigenvalue weighted by atomic mass is 16.2. The Labute approximate surface area is 68.6 Å². The zero-order valence-electron chi connectivity index (χ0n) is 7.42. The average molecular weight is 153 g/mol. The molecular formula is C9H15NO. The van der Waals surface area contributed by atoms with E-state index in [9.17, 15) is 4.79 Å². The van der Waals surface area contributed by atoms with Crippen molar-refractivity contribution in [3.63, 3.8) is 0 Å². The van der Waals surface area contributed by atoms with Crippen LogP contribution in [0.1, 0.15) is 27.2 Å². The van der Waals surface area contributed by atoms with Crippen molar-refractivity contribution in [2.75, 3.05) is 6.54 Å². The van der Waals surface area contributed by atoms with E-state index in [1.807, 2.05) is 20.8 Å². The van der Waals surface area contributed by atoms with Crippen molar-refractivity contribution >= 4 is 5.91 Å². The maximum Gasteiger partial charge on any atom is 0.298 e. The van der Waals surface area contributed by atoms with E-state index in [-0.39, 0.29) is 11.9 Å². The monoisotopic (exact) mass is 153 g/mol. The standard InChI is InChI=1S/C9H15NO/c1-5-7-10(8(3)4)9(11)6-2/h2,8H,5,7H2,1,3-4H3. The molecule has 0 rings (SSSR count). The van der Waals surface area contributed by atoms with Crippen LogP contribution in [0.25, 0.3) is 0 Å². The van der Waals surface area contributed by atoms with Crippen LogP contribution in [0.3, 0.4) is 0 Å². The number of hydrogen-bond acceptors (Lipinski definition) is 1. The van der Waals surface area contributed by atoms with Gasteiger partial charge in [0.1, 0.15) is 0 Å². The SMILES string of the molecule is C#CC(=O)N(CCC)C(C)C. The van der Waals surface area contributed by atoms with Crippen molar-refractivity contribution in [1.29, 1.82) is 0 Å². The highest BCUT2D eigenvalue weighted by Gasteiger charge is 2.12. The van der Waals surface area contributed by atoms with E-state index in [1.165, 1.54) is 0 Å². The summed E-state index contributed by atoms with van der Waals surface area (Å²) in [6.07, 6.45) is 5.95. The third kappa shape index (κ3) is 3.08. The molecule has 0 atom stereocenters. The van der Waals surface area contributed by atoms with Crippen molar-refractivity contribution < 1.29 is 4.79 Å². The number of rotatable bonds is 3. The molecule has 62 valence electrons. The summed E-state index contributed by atoms with van der Waals surface area (Å²) in [4.78, 5) is 12.7. The number of terminal acetylenes is 1. The molecule has 2 heteroatoms. The lowest BCUT2D eigenvalue weighted by Gasteiger charge is -2.23. The Bertz CT molecular complexity index is 167. The number of nitrogens with zero attached hydrogens (tertiary/aromatic N) is 1. The van der Waals surface area contributed by atoms with E-state index in [4.69, 9.17) is 6.42 Å². The Morgan fingerprint density at radius 1 is 1.64 bits per heavy atom. The molecule has 0 heterocycles. The van der Waals surface area contributed by atoms with E-state index in [1.54, 1.807) is 4.90 Å². The second kappa shape index (κ2) is 4.79. The van der Waals surface area contributed by atoms with Crippen molar-refractivity contribution in [3.05, 3.63) is 0 Å². The minimum Gasteiger partial charge on any atom is -0.329 e. The van der Waals surface area contributed by atoms with Crippen LogP contribution in [0, 0.1) is 12.3 Å². The lowest BCUT2D eigenvalue weighted by molar-refractivity contribution is -0.126. The van der Waals surface area contributed by atoms with E-state index in [2.05, 4.69) is 5.92 Å². The summed E-state index contributed by atoms with van der Waals surface area (Å²) < 4.78 is 0. The van der Waals surface area contributed by atoms with Gasteiger partial charge in [0.15, 0.2) is 0 Å². The molecule has 1 amide bonds. The fourth-order valence-electron chi connectivity index (χ4n) is 0.918. The van der Waals surface area contributed by atoms with Crippen LogP contribution in [0.5, 0.6) is 0 Å². The topological polar surface area (TPSA) is 20.3 Å². The lowest BCUT2D eigenvalue weighted by Crippen LogP contribution is -2.36. The van der Waals surface area contributed by atoms with Crippen LogP contribution in [0.15, 0.2) is 0 Å². The molecule has 0 radical (unpaired) electrons. The lowest BCUT2D eigenvalue weighted by atomic mass is 10.3. The first-order valence-corrected chi connectivity index (χ1v) is 3.90. The summed E-state index contributed by atoms with van der Waals surface area (Å²) in [7, 11) is 0. The molecule has 0 saturated heterocycles. The number of carbonyl (C=O) groups is 1. The highest BCUT2D eigenvalue weighted by molar-refractivity contribution is 5.93. The Morgan fingerprint density at radius 3 is 2.45 bits per heavy atom. The molecule has 0 aromatic carbocycles. The first-order chi connectivity index (χ1) is 5.13. The minimum atomic E-state index is -0.207. The molecule has 0 N–H and O–H groups in total. The van der Waals surface area contributed by atoms with Gasteiger partial charge in [-0.1, -0.05) is 6.92 Å². The third-order valence-corrected chi connectivity index (χ3v) is 1.47. The van der Waals surface area contributed by atoms with Crippen molar-refractivity contribution in [2.45, 2.75) is 33.2 Å². The van der Waals surface area contributed by atoms with E-state index < -0.39 is 0 Å². The normalized spacial score (nSPS) is 9.36. The smallest absolute Gasteiger partial charge is 0.298 e. The van der Waals surface area contributed by atoms with Crippen LogP contribution < -0.4 is 0 Å². The molecule has 0 aliphatic rings. The van der Waals surface area contributed by atoms with Gasteiger partial charge in [0.25, 0.3) is 5.91 Å². The van der Waals surface area contributed by atoms with Crippen LogP contribution in [-0.2, 0) is 4.79 Å². The van der Waals surface area contributed by atoms with Gasteiger partial charge < -0.3 is 4.90 Å². The van der Waals surface area contributed by atoms with Crippen molar-refractivity contribution in [2.24, 2.45) is 0 Å². The largest absolute Gasteiger partial charge is 0.329 e. The Morgan fingerprint density at radius 2 is 2.18 bits per heavy atom. The summed E-state index contributed by atoms with van der Waals surface area (Å²) in [5.41, 5.74) is 0. The molecule has 11 heavy (non-hydrogen) atoms. The second-order valence-corrected chi connectivity index (χ2v) is 2.74. The van der Waals surface area contributed by atoms with Gasteiger partial charge in [-0.15, -0.1) is 6.42 Å². The molecule has 0 aliphatic heterocycles. The first kappa shape index (κ1) is 10.0. The number of hydrogen-bond donors (Lipinski definition) is 0. The predicted molar refractivity (Wildman–Crippen MR) is 46.0 cm³/mol. The molecule has 0 aromatic rings. The average Bonchev–Trinajstić information content (AvgIpc) is 1.98. The number of carbonyl (C=O) groups excluding carboxylic acids is 1. The fourth-order valence-corrected chi connectivity index (χ4v) is 0.918. The molecule has 0 aliphatic carbocycles. The van der Waals surface area contributed by atoms with E-state index in [0.29, 0.717) is 0 Å². The molecule has 0 unspecified atom stereocenters. The Hall–Kier alpha value is -0.970. The summed E-state index contributed by atoms with van der Waals surface area (Å²) in [5.74, 6) is 1.91. The van der Waals surface area contributed by atoms with Gasteiger partial charge in [-0.2, -0.15) is 0 Å². The quantitative estimate of drug-likeness (QED) is 0.559. The van der Waals surface area contributed by atoms with Gasteiger partial charge >= 0.3 is 0 Å². The van der Waals surface area contributed by atoms with Gasteiger partial charge in [-0.25, -0.2) is 0 Å². The van der Waals surface area contributed by atoms with E-state index >= 15 is 0 Å². The third-order valence-electron chi connectivity index (χ3n) is 1.47. The molecular weight excluding hydrogens is 138 g/mol. The maximum atomic E-state index is 11.0. The van der Waals surface area contributed by atoms with Crippen LogP contribution in [0.4, 0.5) is 0 Å². The van der Waals surface area contributed by atoms with Crippen molar-refractivity contribution in [3.8, 4) is 12.3 Å². The highest BCUT2D eigenvalue weighted by Crippen LogP contribution is 1.99. The summed E-state index contributed by atoms with van der Waals surface area (Å²) in [6, 6.07) is 0.207. The summed E-state index contributed by atoms with van der Waals surface area (Å²) >= 11 is 0. The molecule has 0 saturated carbocycles. The summed E-state index contributed by atoms with van der Waals surface area (Å²) in [5, 5.41) is 0. The zero-order valence-corrected chi connectivity index (χ0v) is 7.42. The fraction of sp³-hybridized carbons (Fsp3) is 0.667. The summed E-state index contributed by atoms with van der Waals surface area (Å²) in [6.45, 7) is 6.70. The number of amides is 1. The zero-order chi connectivity index (χ0) is 8.85. The van der Waals surface area contributed by atoms with Crippen LogP contribution in [-0.4, -0.2) is 23.4 Å². The van der Waals surface area contributed by atoms with Gasteiger partial charge in [0.05, 0.1) is 0 Å². The van der Waals surface area contributed by atoms with Crippen molar-refractivity contribution in [1.82, 2.24) is 4.90 Å². The minimum absolute atomic E-state index is 0.207.